The molecular weight excluding hydrogens is 732 g/mol. The van der Waals surface area contributed by atoms with E-state index >= 15 is 0 Å². The molecule has 2 heterocycles. The number of aryl methyl sites for hydroxylation is 2. The molecule has 0 radical (unpaired) electrons. The quantitative estimate of drug-likeness (QED) is 0.0818. The summed E-state index contributed by atoms with van der Waals surface area (Å²) in [4.78, 5) is 23.9. The van der Waals surface area contributed by atoms with E-state index in [1.54, 1.807) is 6.07 Å². The molecule has 0 aliphatic rings. The molecule has 5 rings (SSSR count). The Morgan fingerprint density at radius 2 is 1.73 bits per heavy atom. The SMILES string of the molecule is Cc1ccc(C)n1-c1ccc(OCc2ccc(C(=O)N/N=C/c3cc(Cl)cc([N+](=O)[O-])c3OCc3ccc(Br)cc3Br)o2)cc1. The van der Waals surface area contributed by atoms with E-state index in [0.717, 1.165) is 31.6 Å². The van der Waals surface area contributed by atoms with Crippen molar-refractivity contribution >= 4 is 61.3 Å². The van der Waals surface area contributed by atoms with E-state index in [1.165, 1.54) is 24.4 Å². The Bertz CT molecular complexity index is 1880. The largest absolute Gasteiger partial charge is 0.486 e. The van der Waals surface area contributed by atoms with E-state index in [-0.39, 0.29) is 41.0 Å². The third-order valence-corrected chi connectivity index (χ3v) is 8.10. The number of nitro groups is 1. The normalized spacial score (nSPS) is 11.1. The fourth-order valence-corrected chi connectivity index (χ4v) is 5.87. The predicted octanol–water partition coefficient (Wildman–Crippen LogP) is 8.70. The van der Waals surface area contributed by atoms with Gasteiger partial charge in [-0.05, 0) is 80.6 Å². The van der Waals surface area contributed by atoms with E-state index < -0.39 is 10.8 Å². The zero-order chi connectivity index (χ0) is 32.1. The summed E-state index contributed by atoms with van der Waals surface area (Å²) in [6.07, 6.45) is 1.22. The van der Waals surface area contributed by atoms with Crippen LogP contribution < -0.4 is 14.9 Å². The number of nitro benzene ring substituents is 1. The van der Waals surface area contributed by atoms with Crippen LogP contribution in [-0.4, -0.2) is 21.6 Å². The van der Waals surface area contributed by atoms with Crippen LogP contribution in [0, 0.1) is 24.0 Å². The van der Waals surface area contributed by atoms with Crippen LogP contribution in [-0.2, 0) is 13.2 Å². The molecule has 230 valence electrons. The number of ether oxygens (including phenoxy) is 2. The molecule has 45 heavy (non-hydrogen) atoms. The minimum atomic E-state index is -0.628. The lowest BCUT2D eigenvalue weighted by atomic mass is 10.2. The van der Waals surface area contributed by atoms with Crippen LogP contribution >= 0.6 is 43.5 Å². The number of aromatic nitrogens is 1. The van der Waals surface area contributed by atoms with Crippen molar-refractivity contribution in [3.05, 3.63) is 137 Å². The fraction of sp³-hybridized carbons (Fsp3) is 0.125. The highest BCUT2D eigenvalue weighted by atomic mass is 79.9. The first kappa shape index (κ1) is 32.0. The standard InChI is InChI=1S/C32H25Br2ClN4O6/c1-19-3-4-20(2)38(19)25-7-9-26(10-8-25)43-18-27-11-12-30(45-27)32(40)37-36-16-22-13-24(35)15-29(39(41)42)31(22)44-17-21-5-6-23(33)14-28(21)34/h3-16H,17-18H2,1-2H3,(H,37,40)/b36-16+. The second-order valence-corrected chi connectivity index (χ2v) is 12.0. The number of hydrogen-bond acceptors (Lipinski definition) is 7. The van der Waals surface area contributed by atoms with Gasteiger partial charge < -0.3 is 18.5 Å². The van der Waals surface area contributed by atoms with Gasteiger partial charge >= 0.3 is 11.6 Å². The van der Waals surface area contributed by atoms with E-state index in [4.69, 9.17) is 25.5 Å². The van der Waals surface area contributed by atoms with Crippen molar-refractivity contribution in [2.75, 3.05) is 0 Å². The van der Waals surface area contributed by atoms with Crippen LogP contribution in [0.3, 0.4) is 0 Å². The minimum Gasteiger partial charge on any atom is -0.486 e. The molecule has 0 saturated carbocycles. The molecule has 0 unspecified atom stereocenters. The third-order valence-electron chi connectivity index (χ3n) is 6.65. The summed E-state index contributed by atoms with van der Waals surface area (Å²) in [6.45, 7) is 4.23. The molecule has 2 aromatic heterocycles. The number of nitrogens with zero attached hydrogens (tertiary/aromatic N) is 3. The van der Waals surface area contributed by atoms with Crippen molar-refractivity contribution in [2.45, 2.75) is 27.1 Å². The van der Waals surface area contributed by atoms with Crippen molar-refractivity contribution in [3.8, 4) is 17.2 Å². The predicted molar refractivity (Wildman–Crippen MR) is 178 cm³/mol. The van der Waals surface area contributed by atoms with Gasteiger partial charge in [-0.15, -0.1) is 0 Å². The highest BCUT2D eigenvalue weighted by molar-refractivity contribution is 9.11. The lowest BCUT2D eigenvalue weighted by molar-refractivity contribution is -0.385. The molecule has 0 aliphatic carbocycles. The molecule has 1 N–H and O–H groups in total. The van der Waals surface area contributed by atoms with Gasteiger partial charge in [0.1, 0.15) is 24.7 Å². The van der Waals surface area contributed by atoms with Gasteiger partial charge in [-0.25, -0.2) is 5.43 Å². The summed E-state index contributed by atoms with van der Waals surface area (Å²) in [5.41, 5.74) is 6.28. The van der Waals surface area contributed by atoms with Crippen LogP contribution in [0.5, 0.6) is 11.5 Å². The molecule has 0 fully saturated rings. The first-order valence-corrected chi connectivity index (χ1v) is 15.4. The number of rotatable bonds is 11. The maximum Gasteiger partial charge on any atom is 0.313 e. The Morgan fingerprint density at radius 3 is 2.42 bits per heavy atom. The lowest BCUT2D eigenvalue weighted by Gasteiger charge is -2.11. The maximum atomic E-state index is 12.7. The fourth-order valence-electron chi connectivity index (χ4n) is 4.49. The Labute approximate surface area is 280 Å². The van der Waals surface area contributed by atoms with Gasteiger partial charge in [0.2, 0.25) is 5.75 Å². The van der Waals surface area contributed by atoms with Crippen molar-refractivity contribution in [2.24, 2.45) is 5.10 Å². The second kappa shape index (κ2) is 14.1. The number of carbonyl (C=O) groups is 1. The Balaban J connectivity index is 1.22. The number of amides is 1. The van der Waals surface area contributed by atoms with E-state index in [9.17, 15) is 14.9 Å². The summed E-state index contributed by atoms with van der Waals surface area (Å²) < 4.78 is 21.1. The number of halogens is 3. The summed E-state index contributed by atoms with van der Waals surface area (Å²) in [6, 6.07) is 23.1. The average Bonchev–Trinajstić information content (AvgIpc) is 3.62. The maximum absolute atomic E-state index is 12.7. The molecule has 10 nitrogen and oxygen atoms in total. The van der Waals surface area contributed by atoms with Crippen LogP contribution in [0.25, 0.3) is 5.69 Å². The van der Waals surface area contributed by atoms with Crippen molar-refractivity contribution in [1.29, 1.82) is 0 Å². The number of furan rings is 1. The van der Waals surface area contributed by atoms with Crippen LogP contribution in [0.4, 0.5) is 5.69 Å². The van der Waals surface area contributed by atoms with Gasteiger partial charge in [0, 0.05) is 48.2 Å². The molecule has 13 heteroatoms. The lowest BCUT2D eigenvalue weighted by Crippen LogP contribution is -2.17. The zero-order valence-corrected chi connectivity index (χ0v) is 27.9. The molecule has 0 bridgehead atoms. The monoisotopic (exact) mass is 754 g/mol. The van der Waals surface area contributed by atoms with Crippen molar-refractivity contribution in [1.82, 2.24) is 9.99 Å². The topological polar surface area (TPSA) is 121 Å². The number of benzene rings is 3. The van der Waals surface area contributed by atoms with Crippen molar-refractivity contribution < 1.29 is 23.6 Å². The van der Waals surface area contributed by atoms with E-state index in [0.29, 0.717) is 11.5 Å². The summed E-state index contributed by atoms with van der Waals surface area (Å²) in [7, 11) is 0. The van der Waals surface area contributed by atoms with Crippen LogP contribution in [0.2, 0.25) is 5.02 Å². The number of hydrazone groups is 1. The summed E-state index contributed by atoms with van der Waals surface area (Å²) in [5.74, 6) is 0.409. The van der Waals surface area contributed by atoms with E-state index in [2.05, 4.69) is 59.1 Å². The highest BCUT2D eigenvalue weighted by Crippen LogP contribution is 2.35. The number of hydrogen-bond donors (Lipinski definition) is 1. The first-order valence-electron chi connectivity index (χ1n) is 13.4. The minimum absolute atomic E-state index is 0.00768. The molecule has 0 spiro atoms. The Hall–Kier alpha value is -4.39. The molecule has 0 aliphatic heterocycles. The molecule has 3 aromatic carbocycles. The van der Waals surface area contributed by atoms with Gasteiger partial charge in [-0.3, -0.25) is 14.9 Å². The molecule has 1 amide bonds. The van der Waals surface area contributed by atoms with Crippen LogP contribution in [0.1, 0.15) is 38.8 Å². The smallest absolute Gasteiger partial charge is 0.313 e. The Kier molecular flexibility index (Phi) is 10.1. The van der Waals surface area contributed by atoms with Gasteiger partial charge in [-0.1, -0.05) is 49.5 Å². The van der Waals surface area contributed by atoms with Crippen molar-refractivity contribution in [3.63, 3.8) is 0 Å². The van der Waals surface area contributed by atoms with Gasteiger partial charge in [0.15, 0.2) is 5.76 Å². The Morgan fingerprint density at radius 1 is 1.00 bits per heavy atom. The van der Waals surface area contributed by atoms with Gasteiger partial charge in [0.25, 0.3) is 0 Å². The highest BCUT2D eigenvalue weighted by Gasteiger charge is 2.21. The molecular formula is C32H25Br2ClN4O6. The van der Waals surface area contributed by atoms with Crippen LogP contribution in [0.15, 0.2) is 97.3 Å². The molecule has 0 atom stereocenters. The zero-order valence-electron chi connectivity index (χ0n) is 23.9. The second-order valence-electron chi connectivity index (χ2n) is 9.82. The number of carbonyl (C=O) groups excluding carboxylic acids is 1. The van der Waals surface area contributed by atoms with E-state index in [1.807, 2.05) is 56.3 Å². The molecule has 5 aromatic rings. The van der Waals surface area contributed by atoms with Gasteiger partial charge in [0.05, 0.1) is 11.1 Å². The molecule has 0 saturated heterocycles. The number of nitrogens with one attached hydrogen (secondary N) is 1. The summed E-state index contributed by atoms with van der Waals surface area (Å²) >= 11 is 13.0. The summed E-state index contributed by atoms with van der Waals surface area (Å²) in [5, 5.41) is 15.8. The van der Waals surface area contributed by atoms with Gasteiger partial charge in [-0.2, -0.15) is 5.10 Å². The average molecular weight is 757 g/mol. The third kappa shape index (κ3) is 7.83. The first-order chi connectivity index (χ1) is 21.6.